The van der Waals surface area contributed by atoms with Gasteiger partial charge in [0.1, 0.15) is 0 Å². The highest BCUT2D eigenvalue weighted by atomic mass is 79.9. The fraction of sp³-hybridized carbons (Fsp3) is 0.692. The van der Waals surface area contributed by atoms with Crippen LogP contribution in [0.5, 0.6) is 0 Å². The fourth-order valence-electron chi connectivity index (χ4n) is 2.65. The second-order valence-corrected chi connectivity index (χ2v) is 10.3. The zero-order valence-corrected chi connectivity index (χ0v) is 15.2. The lowest BCUT2D eigenvalue weighted by Gasteiger charge is -2.30. The summed E-state index contributed by atoms with van der Waals surface area (Å²) in [6, 6.07) is 2.51. The molecule has 1 aromatic heterocycles. The smallest absolute Gasteiger partial charge is 0.209 e. The van der Waals surface area contributed by atoms with Gasteiger partial charge < -0.3 is 5.32 Å². The molecule has 1 aliphatic rings. The Morgan fingerprint density at radius 1 is 1.50 bits per heavy atom. The van der Waals surface area contributed by atoms with Crippen LogP contribution in [0.4, 0.5) is 0 Å². The van der Waals surface area contributed by atoms with Crippen LogP contribution < -0.4 is 10.0 Å². The molecule has 0 fully saturated rings. The zero-order valence-electron chi connectivity index (χ0n) is 12.0. The molecule has 1 atom stereocenters. The predicted octanol–water partition coefficient (Wildman–Crippen LogP) is 2.81. The fourth-order valence-corrected chi connectivity index (χ4v) is 5.55. The summed E-state index contributed by atoms with van der Waals surface area (Å²) in [6.45, 7) is 4.40. The van der Waals surface area contributed by atoms with Crippen molar-refractivity contribution in [1.82, 2.24) is 10.0 Å². The zero-order chi connectivity index (χ0) is 15.0. The Morgan fingerprint density at radius 2 is 2.20 bits per heavy atom. The molecular weight excluding hydrogens is 360 g/mol. The average molecular weight is 381 g/mol. The van der Waals surface area contributed by atoms with Gasteiger partial charge in [0, 0.05) is 23.0 Å². The van der Waals surface area contributed by atoms with Gasteiger partial charge in [0.25, 0.3) is 0 Å². The SMILES string of the molecule is CC(C)(CNC1CCCc2sc(Br)cc21)NS(C)(=O)=O. The van der Waals surface area contributed by atoms with Crippen LogP contribution in [0, 0.1) is 0 Å². The van der Waals surface area contributed by atoms with E-state index in [1.165, 1.54) is 26.9 Å². The van der Waals surface area contributed by atoms with Crippen LogP contribution in [0.1, 0.15) is 43.2 Å². The molecule has 1 heterocycles. The van der Waals surface area contributed by atoms with Gasteiger partial charge in [-0.2, -0.15) is 0 Å². The first-order chi connectivity index (χ1) is 9.16. The van der Waals surface area contributed by atoms with Gasteiger partial charge in [-0.25, -0.2) is 13.1 Å². The van der Waals surface area contributed by atoms with Crippen molar-refractivity contribution in [2.45, 2.75) is 44.7 Å². The van der Waals surface area contributed by atoms with Crippen molar-refractivity contribution in [1.29, 1.82) is 0 Å². The Balaban J connectivity index is 2.01. The quantitative estimate of drug-likeness (QED) is 0.825. The Kier molecular flexibility index (Phi) is 4.96. The number of fused-ring (bicyclic) bond motifs is 1. The van der Waals surface area contributed by atoms with Crippen LogP contribution >= 0.6 is 27.3 Å². The number of halogens is 1. The van der Waals surface area contributed by atoms with Crippen LogP contribution in [0.25, 0.3) is 0 Å². The minimum Gasteiger partial charge on any atom is -0.308 e. The topological polar surface area (TPSA) is 58.2 Å². The normalized spacial score (nSPS) is 19.9. The van der Waals surface area contributed by atoms with E-state index in [4.69, 9.17) is 0 Å². The first-order valence-corrected chi connectivity index (χ1v) is 10.2. The van der Waals surface area contributed by atoms with E-state index in [1.54, 1.807) is 11.3 Å². The first kappa shape index (κ1) is 16.4. The van der Waals surface area contributed by atoms with Gasteiger partial charge in [0.15, 0.2) is 0 Å². The monoisotopic (exact) mass is 380 g/mol. The van der Waals surface area contributed by atoms with Crippen molar-refractivity contribution in [3.8, 4) is 0 Å². The highest BCUT2D eigenvalue weighted by Crippen LogP contribution is 2.37. The number of aryl methyl sites for hydroxylation is 1. The second-order valence-electron chi connectivity index (χ2n) is 6.01. The van der Waals surface area contributed by atoms with Crippen molar-refractivity contribution in [3.05, 3.63) is 20.3 Å². The van der Waals surface area contributed by atoms with Crippen molar-refractivity contribution in [2.75, 3.05) is 12.8 Å². The number of thiophene rings is 1. The third-order valence-electron chi connectivity index (χ3n) is 3.34. The van der Waals surface area contributed by atoms with Gasteiger partial charge >= 0.3 is 0 Å². The molecule has 1 unspecified atom stereocenters. The van der Waals surface area contributed by atoms with E-state index in [9.17, 15) is 8.42 Å². The third kappa shape index (κ3) is 4.53. The van der Waals surface area contributed by atoms with E-state index in [0.717, 1.165) is 12.8 Å². The van der Waals surface area contributed by atoms with Crippen molar-refractivity contribution < 1.29 is 8.42 Å². The standard InChI is InChI=1S/C13H21BrN2O2S2/c1-13(2,16-20(3,17)18)8-15-10-5-4-6-11-9(10)7-12(14)19-11/h7,10,15-16H,4-6,8H2,1-3H3. The summed E-state index contributed by atoms with van der Waals surface area (Å²) >= 11 is 5.35. The Hall–Kier alpha value is 0.0500. The lowest BCUT2D eigenvalue weighted by molar-refractivity contribution is 0.371. The Bertz CT molecular complexity index is 581. The summed E-state index contributed by atoms with van der Waals surface area (Å²) in [6.07, 6.45) is 4.63. The Morgan fingerprint density at radius 3 is 2.85 bits per heavy atom. The predicted molar refractivity (Wildman–Crippen MR) is 87.8 cm³/mol. The lowest BCUT2D eigenvalue weighted by atomic mass is 9.93. The third-order valence-corrected chi connectivity index (χ3v) is 5.97. The molecule has 2 N–H and O–H groups in total. The van der Waals surface area contributed by atoms with Gasteiger partial charge in [0.2, 0.25) is 10.0 Å². The molecule has 7 heteroatoms. The average Bonchev–Trinajstić information content (AvgIpc) is 2.63. The number of sulfonamides is 1. The molecule has 0 saturated carbocycles. The summed E-state index contributed by atoms with van der Waals surface area (Å²) in [5, 5.41) is 3.51. The van der Waals surface area contributed by atoms with E-state index in [2.05, 4.69) is 32.0 Å². The molecular formula is C13H21BrN2O2S2. The molecule has 0 radical (unpaired) electrons. The molecule has 20 heavy (non-hydrogen) atoms. The van der Waals surface area contributed by atoms with Crippen molar-refractivity contribution in [3.63, 3.8) is 0 Å². The van der Waals surface area contributed by atoms with Gasteiger partial charge in [-0.1, -0.05) is 0 Å². The molecule has 0 amide bonds. The second kappa shape index (κ2) is 6.04. The van der Waals surface area contributed by atoms with E-state index >= 15 is 0 Å². The maximum Gasteiger partial charge on any atom is 0.209 e. The Labute approximate surface area is 133 Å². The van der Waals surface area contributed by atoms with Crippen molar-refractivity contribution >= 4 is 37.3 Å². The molecule has 0 spiro atoms. The van der Waals surface area contributed by atoms with Crippen LogP contribution in [-0.2, 0) is 16.4 Å². The largest absolute Gasteiger partial charge is 0.308 e. The molecule has 0 aliphatic heterocycles. The molecule has 114 valence electrons. The maximum absolute atomic E-state index is 11.4. The lowest BCUT2D eigenvalue weighted by Crippen LogP contribution is -2.50. The first-order valence-electron chi connectivity index (χ1n) is 6.67. The van der Waals surface area contributed by atoms with Crippen LogP contribution in [-0.4, -0.2) is 26.8 Å². The van der Waals surface area contributed by atoms with Gasteiger partial charge in [-0.05, 0) is 60.7 Å². The molecule has 4 nitrogen and oxygen atoms in total. The molecule has 1 aliphatic carbocycles. The summed E-state index contributed by atoms with van der Waals surface area (Å²) in [5.41, 5.74) is 0.876. The number of nitrogens with one attached hydrogen (secondary N) is 2. The summed E-state index contributed by atoms with van der Waals surface area (Å²) in [5.74, 6) is 0. The van der Waals surface area contributed by atoms with E-state index in [1.807, 2.05) is 13.8 Å². The molecule has 1 aromatic rings. The van der Waals surface area contributed by atoms with Crippen LogP contribution in [0.2, 0.25) is 0 Å². The number of hydrogen-bond donors (Lipinski definition) is 2. The highest BCUT2D eigenvalue weighted by molar-refractivity contribution is 9.11. The van der Waals surface area contributed by atoms with E-state index in [0.29, 0.717) is 12.6 Å². The molecule has 0 saturated heterocycles. The minimum atomic E-state index is -3.19. The summed E-state index contributed by atoms with van der Waals surface area (Å²) in [7, 11) is -3.19. The number of hydrogen-bond acceptors (Lipinski definition) is 4. The van der Waals surface area contributed by atoms with Crippen LogP contribution in [0.3, 0.4) is 0 Å². The molecule has 0 bridgehead atoms. The van der Waals surface area contributed by atoms with Crippen LogP contribution in [0.15, 0.2) is 9.85 Å². The molecule has 2 rings (SSSR count). The van der Waals surface area contributed by atoms with Gasteiger partial charge in [-0.15, -0.1) is 11.3 Å². The number of rotatable bonds is 5. The highest BCUT2D eigenvalue weighted by Gasteiger charge is 2.26. The summed E-state index contributed by atoms with van der Waals surface area (Å²) in [4.78, 5) is 1.44. The van der Waals surface area contributed by atoms with E-state index in [-0.39, 0.29) is 0 Å². The molecule has 0 aromatic carbocycles. The maximum atomic E-state index is 11.4. The van der Waals surface area contributed by atoms with Crippen molar-refractivity contribution in [2.24, 2.45) is 0 Å². The van der Waals surface area contributed by atoms with Gasteiger partial charge in [-0.3, -0.25) is 0 Å². The van der Waals surface area contributed by atoms with E-state index < -0.39 is 15.6 Å². The minimum absolute atomic E-state index is 0.321. The van der Waals surface area contributed by atoms with Gasteiger partial charge in [0.05, 0.1) is 10.0 Å². The summed E-state index contributed by atoms with van der Waals surface area (Å²) < 4.78 is 26.6.